The van der Waals surface area contributed by atoms with E-state index >= 15 is 0 Å². The van der Waals surface area contributed by atoms with Crippen LogP contribution in [0.1, 0.15) is 70.0 Å². The maximum absolute atomic E-state index is 13.1. The van der Waals surface area contributed by atoms with Crippen LogP contribution >= 0.6 is 0 Å². The number of methoxy groups -OCH3 is 1. The van der Waals surface area contributed by atoms with Crippen LogP contribution in [0.4, 0.5) is 0 Å². The van der Waals surface area contributed by atoms with Gasteiger partial charge in [-0.2, -0.15) is 0 Å². The highest BCUT2D eigenvalue weighted by molar-refractivity contribution is 6.74. The zero-order valence-corrected chi connectivity index (χ0v) is 23.8. The van der Waals surface area contributed by atoms with Gasteiger partial charge < -0.3 is 37.6 Å². The fourth-order valence-electron chi connectivity index (χ4n) is 4.17. The molecule has 3 rings (SSSR count). The summed E-state index contributed by atoms with van der Waals surface area (Å²) < 4.78 is 41.2. The summed E-state index contributed by atoms with van der Waals surface area (Å²) in [6.45, 7) is 16.5. The van der Waals surface area contributed by atoms with Gasteiger partial charge in [-0.1, -0.05) is 20.8 Å². The fraction of sp³-hybridized carbons (Fsp3) is 0.692. The number of hydrogen-bond acceptors (Lipinski definition) is 9. The fourth-order valence-corrected chi connectivity index (χ4v) is 5.50. The summed E-state index contributed by atoms with van der Waals surface area (Å²) >= 11 is 0. The first-order valence-electron chi connectivity index (χ1n) is 12.3. The number of carbonyl (C=O) groups excluding carboxylic acids is 2. The molecule has 0 spiro atoms. The lowest BCUT2D eigenvalue weighted by Gasteiger charge is -2.41. The first-order chi connectivity index (χ1) is 16.7. The molecule has 4 atom stereocenters. The molecule has 0 aliphatic carbocycles. The highest BCUT2D eigenvalue weighted by atomic mass is 28.4. The van der Waals surface area contributed by atoms with Crippen molar-refractivity contribution in [2.45, 2.75) is 96.3 Å². The summed E-state index contributed by atoms with van der Waals surface area (Å²) in [4.78, 5) is 24.9. The van der Waals surface area contributed by atoms with Crippen LogP contribution in [0.3, 0.4) is 0 Å². The molecule has 0 amide bonds. The van der Waals surface area contributed by atoms with Crippen LogP contribution in [0.25, 0.3) is 0 Å². The van der Waals surface area contributed by atoms with Crippen LogP contribution in [-0.2, 0) is 28.2 Å². The van der Waals surface area contributed by atoms with E-state index in [0.29, 0.717) is 35.7 Å². The van der Waals surface area contributed by atoms with Crippen LogP contribution in [0.2, 0.25) is 18.1 Å². The van der Waals surface area contributed by atoms with Crippen LogP contribution in [-0.4, -0.2) is 65.2 Å². The lowest BCUT2D eigenvalue weighted by molar-refractivity contribution is -0.152. The Morgan fingerprint density at radius 2 is 1.89 bits per heavy atom. The van der Waals surface area contributed by atoms with Gasteiger partial charge in [0.1, 0.15) is 23.2 Å². The molecule has 202 valence electrons. The lowest BCUT2D eigenvalue weighted by Crippen LogP contribution is -2.47. The third-order valence-corrected chi connectivity index (χ3v) is 11.5. The van der Waals surface area contributed by atoms with Crippen molar-refractivity contribution in [3.05, 3.63) is 23.3 Å². The predicted molar refractivity (Wildman–Crippen MR) is 135 cm³/mol. The van der Waals surface area contributed by atoms with Crippen LogP contribution in [0.15, 0.2) is 12.1 Å². The maximum atomic E-state index is 13.1. The van der Waals surface area contributed by atoms with Crippen LogP contribution in [0, 0.1) is 0 Å². The zero-order chi connectivity index (χ0) is 26.9. The Labute approximate surface area is 214 Å². The molecule has 0 unspecified atom stereocenters. The van der Waals surface area contributed by atoms with Crippen molar-refractivity contribution in [1.82, 2.24) is 0 Å². The van der Waals surface area contributed by atoms with Crippen molar-refractivity contribution < 1.29 is 42.4 Å². The largest absolute Gasteiger partial charge is 0.497 e. The van der Waals surface area contributed by atoms with Gasteiger partial charge in [-0.15, -0.1) is 0 Å². The molecule has 1 saturated heterocycles. The molecule has 1 aromatic rings. The molecule has 0 radical (unpaired) electrons. The number of rotatable bonds is 11. The van der Waals surface area contributed by atoms with Gasteiger partial charge in [-0.05, 0) is 45.0 Å². The first-order valence-corrected chi connectivity index (χ1v) is 15.3. The number of hydrogen-bond donors (Lipinski definition) is 0. The normalized spacial score (nSPS) is 24.2. The number of benzene rings is 1. The summed E-state index contributed by atoms with van der Waals surface area (Å²) in [7, 11) is -0.792. The highest BCUT2D eigenvalue weighted by Crippen LogP contribution is 2.46. The summed E-state index contributed by atoms with van der Waals surface area (Å²) in [5, 5.41) is -0.104. The third kappa shape index (κ3) is 6.11. The number of ether oxygens (including phenoxy) is 6. The quantitative estimate of drug-likeness (QED) is 0.133. The van der Waals surface area contributed by atoms with Crippen molar-refractivity contribution in [2.24, 2.45) is 0 Å². The number of fused-ring (bicyclic) bond motifs is 1. The second kappa shape index (κ2) is 10.8. The molecule has 2 aliphatic heterocycles. The Morgan fingerprint density at radius 3 is 2.47 bits per heavy atom. The van der Waals surface area contributed by atoms with E-state index in [1.54, 1.807) is 33.1 Å². The molecule has 2 heterocycles. The lowest BCUT2D eigenvalue weighted by atomic mass is 9.96. The topological polar surface area (TPSA) is 98.8 Å². The van der Waals surface area contributed by atoms with Crippen molar-refractivity contribution >= 4 is 20.6 Å². The molecule has 2 aliphatic rings. The number of aldehydes is 1. The van der Waals surface area contributed by atoms with Gasteiger partial charge in [-0.25, -0.2) is 4.79 Å². The summed E-state index contributed by atoms with van der Waals surface area (Å²) in [5.41, 5.74) is 0.926. The predicted octanol–water partition coefficient (Wildman–Crippen LogP) is 4.78. The highest BCUT2D eigenvalue weighted by Gasteiger charge is 2.49. The molecule has 0 aromatic heterocycles. The van der Waals surface area contributed by atoms with Gasteiger partial charge in [0.15, 0.2) is 33.3 Å². The van der Waals surface area contributed by atoms with Crippen LogP contribution < -0.4 is 9.47 Å². The second-order valence-corrected chi connectivity index (χ2v) is 15.9. The smallest absolute Gasteiger partial charge is 0.343 e. The number of carbonyl (C=O) groups is 2. The minimum absolute atomic E-state index is 0.0126. The van der Waals surface area contributed by atoms with E-state index in [1.165, 1.54) is 0 Å². The van der Waals surface area contributed by atoms with Crippen molar-refractivity contribution in [3.8, 4) is 11.5 Å². The van der Waals surface area contributed by atoms with Gasteiger partial charge in [0.25, 0.3) is 0 Å². The van der Waals surface area contributed by atoms with E-state index in [1.807, 2.05) is 6.92 Å². The SMILES string of the molecule is CCOCOc1cc(OC)cc2c1C(=O)O[C@@H]2[C@@H](C[C@@H]1OC(C)(C)O[C@@H]1C=O)O[Si](C)(C)C(C)(C)C. The minimum Gasteiger partial charge on any atom is -0.497 e. The molecule has 1 aromatic carbocycles. The van der Waals surface area contributed by atoms with Crippen molar-refractivity contribution in [3.63, 3.8) is 0 Å². The third-order valence-electron chi connectivity index (χ3n) is 7.00. The Morgan fingerprint density at radius 1 is 1.19 bits per heavy atom. The maximum Gasteiger partial charge on any atom is 0.343 e. The molecule has 0 bridgehead atoms. The first kappa shape index (κ1) is 28.6. The van der Waals surface area contributed by atoms with E-state index in [-0.39, 0.29) is 11.8 Å². The van der Waals surface area contributed by atoms with E-state index < -0.39 is 44.5 Å². The Hall–Kier alpha value is -1.98. The van der Waals surface area contributed by atoms with Gasteiger partial charge in [0, 0.05) is 24.7 Å². The molecule has 9 nitrogen and oxygen atoms in total. The second-order valence-electron chi connectivity index (χ2n) is 11.1. The monoisotopic (exact) mass is 524 g/mol. The van der Waals surface area contributed by atoms with Gasteiger partial charge in [0.05, 0.1) is 19.3 Å². The Balaban J connectivity index is 2.03. The van der Waals surface area contributed by atoms with E-state index in [2.05, 4.69) is 33.9 Å². The van der Waals surface area contributed by atoms with Crippen LogP contribution in [0.5, 0.6) is 11.5 Å². The minimum atomic E-state index is -2.34. The van der Waals surface area contributed by atoms with E-state index in [9.17, 15) is 9.59 Å². The summed E-state index contributed by atoms with van der Waals surface area (Å²) in [6.07, 6.45) is -1.60. The van der Waals surface area contributed by atoms with E-state index in [4.69, 9.17) is 32.8 Å². The molecular weight excluding hydrogens is 484 g/mol. The molecule has 10 heteroatoms. The average Bonchev–Trinajstić information content (AvgIpc) is 3.27. The molecule has 1 fully saturated rings. The Kier molecular flexibility index (Phi) is 8.56. The standard InChI is InChI=1S/C26H40O9Si/c1-10-30-15-31-19-12-16(29-7)11-17-22(19)24(28)32-23(17)20(35-36(8,9)25(2,3)4)13-18-21(14-27)34-26(5,6)33-18/h11-12,14,18,20-21,23H,10,13,15H2,1-9H3/t18-,20+,21+,23-/m0/s1. The van der Waals surface area contributed by atoms with Gasteiger partial charge in [0.2, 0.25) is 0 Å². The van der Waals surface area contributed by atoms with Gasteiger partial charge >= 0.3 is 5.97 Å². The summed E-state index contributed by atoms with van der Waals surface area (Å²) in [6, 6.07) is 3.41. The van der Waals surface area contributed by atoms with Gasteiger partial charge in [-0.3, -0.25) is 0 Å². The Bertz CT molecular complexity index is 953. The molecule has 0 N–H and O–H groups in total. The molecular formula is C26H40O9Si. The number of cyclic esters (lactones) is 1. The average molecular weight is 525 g/mol. The molecule has 36 heavy (non-hydrogen) atoms. The molecule has 0 saturated carbocycles. The van der Waals surface area contributed by atoms with E-state index in [0.717, 1.165) is 6.29 Å². The summed E-state index contributed by atoms with van der Waals surface area (Å²) in [5.74, 6) is -0.583. The zero-order valence-electron chi connectivity index (χ0n) is 22.8. The van der Waals surface area contributed by atoms with Crippen molar-refractivity contribution in [1.29, 1.82) is 0 Å². The van der Waals surface area contributed by atoms with Crippen molar-refractivity contribution in [2.75, 3.05) is 20.5 Å². The number of esters is 1.